The van der Waals surface area contributed by atoms with Gasteiger partial charge < -0.3 is 10.3 Å². The Morgan fingerprint density at radius 3 is 3.00 bits per heavy atom. The molecule has 1 unspecified atom stereocenters. The third-order valence-corrected chi connectivity index (χ3v) is 5.97. The highest BCUT2D eigenvalue weighted by molar-refractivity contribution is 6.07. The number of aryl methyl sites for hydroxylation is 3. The second-order valence-electron chi connectivity index (χ2n) is 7.61. The minimum atomic E-state index is -0.168. The summed E-state index contributed by atoms with van der Waals surface area (Å²) < 4.78 is 1.67. The number of carbonyl (C=O) groups excluding carboxylic acids is 1. The maximum absolute atomic E-state index is 13.0. The van der Waals surface area contributed by atoms with Crippen LogP contribution in [0.1, 0.15) is 53.1 Å². The number of para-hydroxylation sites is 1. The van der Waals surface area contributed by atoms with Gasteiger partial charge in [0.25, 0.3) is 5.91 Å². The van der Waals surface area contributed by atoms with Crippen molar-refractivity contribution >= 4 is 16.8 Å². The van der Waals surface area contributed by atoms with Crippen LogP contribution in [0.5, 0.6) is 0 Å². The lowest BCUT2D eigenvalue weighted by Crippen LogP contribution is -2.35. The van der Waals surface area contributed by atoms with E-state index < -0.39 is 0 Å². The number of H-pyrrole nitrogens is 2. The molecule has 1 amide bonds. The van der Waals surface area contributed by atoms with Gasteiger partial charge in [0.2, 0.25) is 0 Å². The smallest absolute Gasteiger partial charge is 0.343 e. The Kier molecular flexibility index (Phi) is 3.88. The number of nitrogens with zero attached hydrogens (tertiary/aromatic N) is 2. The van der Waals surface area contributed by atoms with E-state index in [0.29, 0.717) is 18.5 Å². The molecule has 0 spiro atoms. The molecule has 0 fully saturated rings. The lowest BCUT2D eigenvalue weighted by molar-refractivity contribution is 0.0934. The number of hydrogen-bond acceptors (Lipinski definition) is 3. The maximum Gasteiger partial charge on any atom is 0.343 e. The van der Waals surface area contributed by atoms with Gasteiger partial charge in [-0.3, -0.25) is 9.36 Å². The lowest BCUT2D eigenvalue weighted by Gasteiger charge is -2.16. The topological polar surface area (TPSA) is 95.6 Å². The van der Waals surface area contributed by atoms with Crippen molar-refractivity contribution in [3.8, 4) is 0 Å². The van der Waals surface area contributed by atoms with Gasteiger partial charge in [-0.1, -0.05) is 12.1 Å². The van der Waals surface area contributed by atoms with Crippen LogP contribution in [0, 0.1) is 0 Å². The van der Waals surface area contributed by atoms with E-state index in [1.165, 1.54) is 29.5 Å². The van der Waals surface area contributed by atoms with Crippen LogP contribution >= 0.6 is 0 Å². The number of aromatic nitrogens is 4. The molecule has 3 N–H and O–H groups in total. The predicted octanol–water partition coefficient (Wildman–Crippen LogP) is 2.07. The molecule has 1 aliphatic carbocycles. The standard InChI is InChI=1S/C20H23N5O2/c26-19(21-12-8-9-17-23-24-20(27)25(17)11-10-12)15-6-3-5-14-13-4-1-2-7-16(13)22-18(14)15/h3,5-6,12,22H,1-2,4,7-11H2,(H,21,26)(H,24,27). The average molecular weight is 365 g/mol. The van der Waals surface area contributed by atoms with E-state index in [9.17, 15) is 9.59 Å². The van der Waals surface area contributed by atoms with Crippen molar-refractivity contribution in [2.24, 2.45) is 0 Å². The van der Waals surface area contributed by atoms with E-state index in [2.05, 4.69) is 26.6 Å². The Morgan fingerprint density at radius 1 is 1.19 bits per heavy atom. The highest BCUT2D eigenvalue weighted by Gasteiger charge is 2.23. The van der Waals surface area contributed by atoms with Gasteiger partial charge in [-0.05, 0) is 50.2 Å². The van der Waals surface area contributed by atoms with E-state index in [1.807, 2.05) is 12.1 Å². The second-order valence-corrected chi connectivity index (χ2v) is 7.61. The minimum absolute atomic E-state index is 0.0402. The molecular weight excluding hydrogens is 342 g/mol. The molecule has 27 heavy (non-hydrogen) atoms. The first-order valence-corrected chi connectivity index (χ1v) is 9.78. The number of hydrogen-bond donors (Lipinski definition) is 3. The van der Waals surface area contributed by atoms with Crippen molar-refractivity contribution in [1.82, 2.24) is 25.1 Å². The molecule has 5 rings (SSSR count). The summed E-state index contributed by atoms with van der Waals surface area (Å²) in [6.45, 7) is 0.580. The fraction of sp³-hybridized carbons (Fsp3) is 0.450. The summed E-state index contributed by atoms with van der Waals surface area (Å²) in [6.07, 6.45) is 6.77. The molecule has 0 saturated heterocycles. The van der Waals surface area contributed by atoms with Crippen LogP contribution in [-0.2, 0) is 25.8 Å². The lowest BCUT2D eigenvalue weighted by atomic mass is 9.95. The quantitative estimate of drug-likeness (QED) is 0.649. The SMILES string of the molecule is O=C(NC1CCc2n[nH]c(=O)n2CC1)c1cccc2c3c([nH]c12)CCCC3. The van der Waals surface area contributed by atoms with Crippen molar-refractivity contribution in [1.29, 1.82) is 0 Å². The van der Waals surface area contributed by atoms with Crippen molar-refractivity contribution < 1.29 is 4.79 Å². The summed E-state index contributed by atoms with van der Waals surface area (Å²) in [6, 6.07) is 6.02. The van der Waals surface area contributed by atoms with Gasteiger partial charge in [0.05, 0.1) is 11.1 Å². The molecule has 1 atom stereocenters. The number of carbonyl (C=O) groups is 1. The summed E-state index contributed by atoms with van der Waals surface area (Å²) >= 11 is 0. The molecular formula is C20H23N5O2. The van der Waals surface area contributed by atoms with Gasteiger partial charge in [0.1, 0.15) is 5.82 Å². The fourth-order valence-corrected chi connectivity index (χ4v) is 4.53. The summed E-state index contributed by atoms with van der Waals surface area (Å²) in [5.41, 5.74) is 4.17. The number of nitrogens with one attached hydrogen (secondary N) is 3. The van der Waals surface area contributed by atoms with Crippen LogP contribution in [0.3, 0.4) is 0 Å². The van der Waals surface area contributed by atoms with Gasteiger partial charge in [0.15, 0.2) is 0 Å². The first-order chi connectivity index (χ1) is 13.2. The van der Waals surface area contributed by atoms with Gasteiger partial charge in [-0.2, -0.15) is 5.10 Å². The molecule has 0 bridgehead atoms. The van der Waals surface area contributed by atoms with E-state index in [1.54, 1.807) is 4.57 Å². The Bertz CT molecular complexity index is 1070. The van der Waals surface area contributed by atoms with Crippen LogP contribution in [0.25, 0.3) is 10.9 Å². The molecule has 3 heterocycles. The number of amides is 1. The number of rotatable bonds is 2. The van der Waals surface area contributed by atoms with E-state index >= 15 is 0 Å². The van der Waals surface area contributed by atoms with Crippen LogP contribution in [0.2, 0.25) is 0 Å². The number of benzene rings is 1. The first kappa shape index (κ1) is 16.4. The van der Waals surface area contributed by atoms with Crippen LogP contribution in [0.15, 0.2) is 23.0 Å². The second kappa shape index (κ2) is 6.40. The Morgan fingerprint density at radius 2 is 2.07 bits per heavy atom. The predicted molar refractivity (Wildman–Crippen MR) is 102 cm³/mol. The van der Waals surface area contributed by atoms with Crippen molar-refractivity contribution in [3.63, 3.8) is 0 Å². The van der Waals surface area contributed by atoms with Gasteiger partial charge in [-0.15, -0.1) is 0 Å². The van der Waals surface area contributed by atoms with Crippen molar-refractivity contribution in [2.45, 2.75) is 57.5 Å². The van der Waals surface area contributed by atoms with E-state index in [0.717, 1.165) is 37.0 Å². The highest BCUT2D eigenvalue weighted by atomic mass is 16.2. The molecule has 0 saturated carbocycles. The van der Waals surface area contributed by atoms with Crippen molar-refractivity contribution in [2.75, 3.05) is 0 Å². The molecule has 0 radical (unpaired) electrons. The first-order valence-electron chi connectivity index (χ1n) is 9.78. The van der Waals surface area contributed by atoms with Gasteiger partial charge in [-0.25, -0.2) is 9.89 Å². The van der Waals surface area contributed by atoms with Crippen LogP contribution in [0.4, 0.5) is 0 Å². The Labute approximate surface area is 156 Å². The molecule has 3 aromatic rings. The monoisotopic (exact) mass is 365 g/mol. The molecule has 7 nitrogen and oxygen atoms in total. The molecule has 140 valence electrons. The summed E-state index contributed by atoms with van der Waals surface area (Å²) in [7, 11) is 0. The van der Waals surface area contributed by atoms with E-state index in [-0.39, 0.29) is 17.6 Å². The van der Waals surface area contributed by atoms with Gasteiger partial charge >= 0.3 is 5.69 Å². The molecule has 2 aromatic heterocycles. The minimum Gasteiger partial charge on any atom is -0.358 e. The fourth-order valence-electron chi connectivity index (χ4n) is 4.53. The van der Waals surface area contributed by atoms with Crippen molar-refractivity contribution in [3.05, 3.63) is 51.3 Å². The zero-order valence-corrected chi connectivity index (χ0v) is 15.2. The summed E-state index contributed by atoms with van der Waals surface area (Å²) in [5, 5.41) is 10.9. The van der Waals surface area contributed by atoms with Crippen LogP contribution in [-0.4, -0.2) is 31.7 Å². The maximum atomic E-state index is 13.0. The Balaban J connectivity index is 1.39. The third kappa shape index (κ3) is 2.78. The average Bonchev–Trinajstić information content (AvgIpc) is 3.16. The highest BCUT2D eigenvalue weighted by Crippen LogP contribution is 2.30. The summed E-state index contributed by atoms with van der Waals surface area (Å²) in [4.78, 5) is 28.3. The van der Waals surface area contributed by atoms with E-state index in [4.69, 9.17) is 0 Å². The number of aromatic amines is 2. The Hall–Kier alpha value is -2.83. The zero-order chi connectivity index (χ0) is 18.4. The normalized spacial score (nSPS) is 19.3. The molecule has 7 heteroatoms. The molecule has 1 aromatic carbocycles. The third-order valence-electron chi connectivity index (χ3n) is 5.97. The van der Waals surface area contributed by atoms with Gasteiger partial charge in [0, 0.05) is 30.1 Å². The molecule has 2 aliphatic rings. The molecule has 1 aliphatic heterocycles. The largest absolute Gasteiger partial charge is 0.358 e. The number of fused-ring (bicyclic) bond motifs is 4. The van der Waals surface area contributed by atoms with Crippen LogP contribution < -0.4 is 11.0 Å². The summed E-state index contributed by atoms with van der Waals surface area (Å²) in [5.74, 6) is 0.730. The zero-order valence-electron chi connectivity index (χ0n) is 15.2.